The van der Waals surface area contributed by atoms with Crippen molar-refractivity contribution in [1.82, 2.24) is 0 Å². The van der Waals surface area contributed by atoms with Gasteiger partial charge in [0.2, 0.25) is 5.78 Å². The minimum absolute atomic E-state index is 0.126. The molecule has 0 N–H and O–H groups in total. The van der Waals surface area contributed by atoms with Gasteiger partial charge in [-0.1, -0.05) is 37.3 Å². The third kappa shape index (κ3) is 1.72. The monoisotopic (exact) mass is 227 g/mol. The van der Waals surface area contributed by atoms with Crippen LogP contribution in [0, 0.1) is 11.3 Å². The predicted molar refractivity (Wildman–Crippen MR) is 63.8 cm³/mol. The molecule has 3 heteroatoms. The van der Waals surface area contributed by atoms with E-state index in [2.05, 4.69) is 0 Å². The van der Waals surface area contributed by atoms with Gasteiger partial charge in [-0.3, -0.25) is 4.79 Å². The Hall–Kier alpha value is -2.08. The zero-order chi connectivity index (χ0) is 12.5. The van der Waals surface area contributed by atoms with Gasteiger partial charge in [-0.05, 0) is 13.3 Å². The Bertz CT molecular complexity index is 525. The van der Waals surface area contributed by atoms with Crippen LogP contribution in [0.3, 0.4) is 0 Å². The zero-order valence-corrected chi connectivity index (χ0v) is 9.86. The van der Waals surface area contributed by atoms with Crippen molar-refractivity contribution < 1.29 is 9.53 Å². The Morgan fingerprint density at radius 1 is 1.35 bits per heavy atom. The molecule has 17 heavy (non-hydrogen) atoms. The molecular weight excluding hydrogens is 214 g/mol. The SMILES string of the molecule is CCC1(C)OC(c2ccccc2)=C(C#N)C1=O. The maximum Gasteiger partial charge on any atom is 0.220 e. The van der Waals surface area contributed by atoms with Gasteiger partial charge in [-0.25, -0.2) is 0 Å². The van der Waals surface area contributed by atoms with Crippen molar-refractivity contribution in [2.75, 3.05) is 0 Å². The van der Waals surface area contributed by atoms with Crippen molar-refractivity contribution >= 4 is 11.5 Å². The average Bonchev–Trinajstić information content (AvgIpc) is 2.64. The molecule has 0 amide bonds. The van der Waals surface area contributed by atoms with E-state index >= 15 is 0 Å². The van der Waals surface area contributed by atoms with E-state index < -0.39 is 5.60 Å². The molecule has 0 saturated heterocycles. The lowest BCUT2D eigenvalue weighted by atomic mass is 9.94. The van der Waals surface area contributed by atoms with Crippen LogP contribution in [0.15, 0.2) is 35.9 Å². The molecule has 0 radical (unpaired) electrons. The lowest BCUT2D eigenvalue weighted by molar-refractivity contribution is -0.127. The fourth-order valence-electron chi connectivity index (χ4n) is 1.82. The summed E-state index contributed by atoms with van der Waals surface area (Å²) in [5.74, 6) is 0.184. The molecule has 86 valence electrons. The summed E-state index contributed by atoms with van der Waals surface area (Å²) in [4.78, 5) is 12.1. The standard InChI is InChI=1S/C14H13NO2/c1-3-14(2)13(16)11(9-15)12(17-14)10-7-5-4-6-8-10/h4-8H,3H2,1-2H3. The molecule has 0 spiro atoms. The summed E-state index contributed by atoms with van der Waals surface area (Å²) in [6.45, 7) is 3.60. The highest BCUT2D eigenvalue weighted by Crippen LogP contribution is 2.37. The number of Topliss-reactive ketones (excluding diaryl/α,β-unsaturated/α-hetero) is 1. The molecule has 0 bridgehead atoms. The molecule has 1 aliphatic heterocycles. The summed E-state index contributed by atoms with van der Waals surface area (Å²) in [6, 6.07) is 11.2. The van der Waals surface area contributed by atoms with Gasteiger partial charge in [0.05, 0.1) is 0 Å². The average molecular weight is 227 g/mol. The first-order chi connectivity index (χ1) is 8.12. The Morgan fingerprint density at radius 2 is 2.00 bits per heavy atom. The van der Waals surface area contributed by atoms with Crippen LogP contribution in [0.2, 0.25) is 0 Å². The number of nitrogens with zero attached hydrogens (tertiary/aromatic N) is 1. The number of nitriles is 1. The summed E-state index contributed by atoms with van der Waals surface area (Å²) in [6.07, 6.45) is 0.549. The molecule has 1 atom stereocenters. The molecule has 3 nitrogen and oxygen atoms in total. The highest BCUT2D eigenvalue weighted by Gasteiger charge is 2.44. The van der Waals surface area contributed by atoms with Crippen LogP contribution in [-0.2, 0) is 9.53 Å². The van der Waals surface area contributed by atoms with Gasteiger partial charge in [0.15, 0.2) is 5.60 Å². The molecule has 1 aliphatic rings. The lowest BCUT2D eigenvalue weighted by Crippen LogP contribution is -2.32. The molecule has 0 fully saturated rings. The van der Waals surface area contributed by atoms with E-state index in [9.17, 15) is 4.79 Å². The van der Waals surface area contributed by atoms with E-state index in [0.29, 0.717) is 12.2 Å². The number of carbonyl (C=O) groups is 1. The lowest BCUT2D eigenvalue weighted by Gasteiger charge is -2.21. The number of hydrogen-bond acceptors (Lipinski definition) is 3. The molecular formula is C14H13NO2. The largest absolute Gasteiger partial charge is 0.477 e. The van der Waals surface area contributed by atoms with Crippen LogP contribution in [0.5, 0.6) is 0 Å². The summed E-state index contributed by atoms with van der Waals surface area (Å²) in [7, 11) is 0. The van der Waals surface area contributed by atoms with Crippen LogP contribution in [-0.4, -0.2) is 11.4 Å². The van der Waals surface area contributed by atoms with Gasteiger partial charge >= 0.3 is 0 Å². The predicted octanol–water partition coefficient (Wildman–Crippen LogP) is 2.69. The first-order valence-corrected chi connectivity index (χ1v) is 5.56. The van der Waals surface area contributed by atoms with Crippen LogP contribution in [0.1, 0.15) is 25.8 Å². The Kier molecular flexibility index (Phi) is 2.72. The molecule has 1 aromatic carbocycles. The molecule has 1 aromatic rings. The smallest absolute Gasteiger partial charge is 0.220 e. The first-order valence-electron chi connectivity index (χ1n) is 5.56. The van der Waals surface area contributed by atoms with Crippen molar-refractivity contribution in [3.8, 4) is 6.07 Å². The van der Waals surface area contributed by atoms with Crippen molar-refractivity contribution in [3.63, 3.8) is 0 Å². The number of benzene rings is 1. The van der Waals surface area contributed by atoms with Crippen molar-refractivity contribution in [2.45, 2.75) is 25.9 Å². The quantitative estimate of drug-likeness (QED) is 0.780. The van der Waals surface area contributed by atoms with E-state index in [-0.39, 0.29) is 11.4 Å². The third-order valence-corrected chi connectivity index (χ3v) is 3.08. The van der Waals surface area contributed by atoms with Crippen LogP contribution < -0.4 is 0 Å². The normalized spacial score (nSPS) is 23.5. The summed E-state index contributed by atoms with van der Waals surface area (Å²) in [5, 5.41) is 9.09. The maximum atomic E-state index is 12.1. The van der Waals surface area contributed by atoms with Gasteiger partial charge in [0.25, 0.3) is 0 Å². The number of hydrogen-bond donors (Lipinski definition) is 0. The third-order valence-electron chi connectivity index (χ3n) is 3.08. The van der Waals surface area contributed by atoms with Crippen LogP contribution in [0.25, 0.3) is 5.76 Å². The van der Waals surface area contributed by atoms with Crippen molar-refractivity contribution in [2.24, 2.45) is 0 Å². The van der Waals surface area contributed by atoms with E-state index in [1.54, 1.807) is 6.92 Å². The van der Waals surface area contributed by atoms with E-state index in [0.717, 1.165) is 5.56 Å². The number of rotatable bonds is 2. The molecule has 0 aromatic heterocycles. The van der Waals surface area contributed by atoms with Gasteiger partial charge < -0.3 is 4.74 Å². The topological polar surface area (TPSA) is 50.1 Å². The molecule has 1 heterocycles. The van der Waals surface area contributed by atoms with Gasteiger partial charge in [0, 0.05) is 5.56 Å². The Balaban J connectivity index is 2.51. The number of ketones is 1. The summed E-state index contributed by atoms with van der Waals surface area (Å²) < 4.78 is 5.71. The zero-order valence-electron chi connectivity index (χ0n) is 9.86. The van der Waals surface area contributed by atoms with E-state index in [1.165, 1.54) is 0 Å². The molecule has 0 aliphatic carbocycles. The van der Waals surface area contributed by atoms with Gasteiger partial charge in [0.1, 0.15) is 17.4 Å². The highest BCUT2D eigenvalue weighted by atomic mass is 16.5. The van der Waals surface area contributed by atoms with E-state index in [4.69, 9.17) is 10.00 Å². The van der Waals surface area contributed by atoms with Gasteiger partial charge in [-0.2, -0.15) is 5.26 Å². The Labute approximate surface area is 100 Å². The van der Waals surface area contributed by atoms with Crippen molar-refractivity contribution in [1.29, 1.82) is 5.26 Å². The first kappa shape index (κ1) is 11.4. The molecule has 0 saturated carbocycles. The van der Waals surface area contributed by atoms with Crippen molar-refractivity contribution in [3.05, 3.63) is 41.5 Å². The fourth-order valence-corrected chi connectivity index (χ4v) is 1.82. The minimum atomic E-state index is -0.893. The second-order valence-electron chi connectivity index (χ2n) is 4.20. The second-order valence-corrected chi connectivity index (χ2v) is 4.20. The second kappa shape index (κ2) is 4.06. The summed E-state index contributed by atoms with van der Waals surface area (Å²) in [5.41, 5.74) is 0.00564. The maximum absolute atomic E-state index is 12.1. The molecule has 1 unspecified atom stereocenters. The van der Waals surface area contributed by atoms with Gasteiger partial charge in [-0.15, -0.1) is 0 Å². The Morgan fingerprint density at radius 3 is 2.53 bits per heavy atom. The van der Waals surface area contributed by atoms with Crippen LogP contribution >= 0.6 is 0 Å². The van der Waals surface area contributed by atoms with Crippen LogP contribution in [0.4, 0.5) is 0 Å². The minimum Gasteiger partial charge on any atom is -0.477 e. The number of ether oxygens (including phenoxy) is 1. The fraction of sp³-hybridized carbons (Fsp3) is 0.286. The molecule has 2 rings (SSSR count). The highest BCUT2D eigenvalue weighted by molar-refractivity contribution is 6.13. The number of carbonyl (C=O) groups excluding carboxylic acids is 1. The van der Waals surface area contributed by atoms with E-state index in [1.807, 2.05) is 43.3 Å². The summed E-state index contributed by atoms with van der Waals surface area (Å²) >= 11 is 0.